The van der Waals surface area contributed by atoms with Crippen LogP contribution in [0.15, 0.2) is 0 Å². The number of hydrogen-bond acceptors (Lipinski definition) is 26. The Balaban J connectivity index is 1.75. The van der Waals surface area contributed by atoms with Gasteiger partial charge in [0.2, 0.25) is 0 Å². The van der Waals surface area contributed by atoms with Crippen LogP contribution in [0.2, 0.25) is 0 Å². The molecule has 4 aliphatic rings. The maximum absolute atomic E-state index is 13.2. The van der Waals surface area contributed by atoms with E-state index in [9.17, 15) is 43.2 Å². The van der Waals surface area contributed by atoms with Gasteiger partial charge in [-0.3, -0.25) is 43.2 Å². The average Bonchev–Trinajstić information content (AvgIpc) is 3.33. The van der Waals surface area contributed by atoms with Gasteiger partial charge < -0.3 is 80.5 Å². The number of rotatable bonds is 27. The first kappa shape index (κ1) is 67.4. The third-order valence-corrected chi connectivity index (χ3v) is 13.3. The first-order valence-electron chi connectivity index (χ1n) is 27.5. The Morgan fingerprint density at radius 3 is 0.838 bits per heavy atom. The van der Waals surface area contributed by atoms with E-state index in [0.29, 0.717) is 6.42 Å². The zero-order chi connectivity index (χ0) is 59.5. The zero-order valence-corrected chi connectivity index (χ0v) is 48.4. The summed E-state index contributed by atoms with van der Waals surface area (Å²) in [5.41, 5.74) is 0. The molecule has 4 fully saturated rings. The lowest BCUT2D eigenvalue weighted by Crippen LogP contribution is -2.68. The minimum atomic E-state index is -1.85. The molecule has 0 bridgehead atoms. The lowest BCUT2D eigenvalue weighted by atomic mass is 9.95. The van der Waals surface area contributed by atoms with Crippen molar-refractivity contribution in [2.45, 2.75) is 284 Å². The molecule has 0 aliphatic carbocycles. The van der Waals surface area contributed by atoms with Gasteiger partial charge in [-0.05, 0) is 34.1 Å². The van der Waals surface area contributed by atoms with Crippen molar-refractivity contribution >= 4 is 53.7 Å². The summed E-state index contributed by atoms with van der Waals surface area (Å²) in [5.74, 6) is -7.76. The smallest absolute Gasteiger partial charge is 0.303 e. The second-order valence-electron chi connectivity index (χ2n) is 20.4. The topological polar surface area (TPSA) is 311 Å². The Hall–Kier alpha value is -5.09. The lowest BCUT2D eigenvalue weighted by molar-refractivity contribution is -0.385. The summed E-state index contributed by atoms with van der Waals surface area (Å²) in [4.78, 5) is 115. The van der Waals surface area contributed by atoms with Crippen LogP contribution in [0.4, 0.5) is 0 Å². The van der Waals surface area contributed by atoms with Gasteiger partial charge in [0, 0.05) is 68.9 Å². The molecular weight excluding hydrogens is 1060 g/mol. The van der Waals surface area contributed by atoms with Gasteiger partial charge in [0.15, 0.2) is 80.1 Å². The summed E-state index contributed by atoms with van der Waals surface area (Å²) in [7, 11) is 0. The van der Waals surface area contributed by atoms with Gasteiger partial charge in [-0.15, -0.1) is 0 Å². The van der Waals surface area contributed by atoms with E-state index < -0.39 is 177 Å². The summed E-state index contributed by atoms with van der Waals surface area (Å²) in [6, 6.07) is 0. The standard InChI is InChI=1S/C54H84O26/c1-15-16-17-18-19-20-21-22-23-24-25-64-51-47(74-35(11)60)44(73-34(10)59)42(29(5)65-51)78-52-49(76-37(13)62)45(40(27(3)66-52)70-31(7)56)80-54-50(77-38(14)63)46(41(28(4)68-54)71-32(8)57)79-53-48(75-36(12)61)43(72-33(9)58)39(26(2)67-53)69-30(6)55/h26-29,39-54H,15-25H2,1-14H3/t26-,27-,28-,29-,39-,40-,41-,42-,43+,44+,45+,46+,47+,48+,49+,50+,51+,52-,53-,54-/m0/s1. The molecule has 0 radical (unpaired) electrons. The molecule has 20 atom stereocenters. The Morgan fingerprint density at radius 2 is 0.500 bits per heavy atom. The van der Waals surface area contributed by atoms with Gasteiger partial charge in [0.1, 0.15) is 18.3 Å². The number of carbonyl (C=O) groups is 9. The van der Waals surface area contributed by atoms with Gasteiger partial charge in [0.25, 0.3) is 0 Å². The Kier molecular flexibility index (Phi) is 27.4. The Morgan fingerprint density at radius 1 is 0.275 bits per heavy atom. The molecule has 26 heteroatoms. The molecule has 0 amide bonds. The van der Waals surface area contributed by atoms with Crippen molar-refractivity contribution in [1.29, 1.82) is 0 Å². The number of unbranched alkanes of at least 4 members (excludes halogenated alkanes) is 9. The van der Waals surface area contributed by atoms with Crippen molar-refractivity contribution in [2.75, 3.05) is 6.61 Å². The van der Waals surface area contributed by atoms with Gasteiger partial charge in [-0.1, -0.05) is 64.7 Å². The quantitative estimate of drug-likeness (QED) is 0.0623. The van der Waals surface area contributed by atoms with Crippen LogP contribution in [-0.4, -0.2) is 183 Å². The molecular formula is C54H84O26. The first-order valence-corrected chi connectivity index (χ1v) is 27.5. The molecule has 0 aromatic rings. The van der Waals surface area contributed by atoms with E-state index in [0.717, 1.165) is 88.0 Å². The summed E-state index contributed by atoms with van der Waals surface area (Å²) in [6.07, 6.45) is -19.1. The highest BCUT2D eigenvalue weighted by Crippen LogP contribution is 2.40. The molecule has 0 aromatic heterocycles. The van der Waals surface area contributed by atoms with Crippen molar-refractivity contribution in [2.24, 2.45) is 0 Å². The normalized spacial score (nSPS) is 34.1. The fourth-order valence-corrected chi connectivity index (χ4v) is 10.1. The SMILES string of the molecule is CCCCCCCCCCCCO[C@@H]1O[C@@H](C)[C@H](O[C@@H]2O[C@@H](C)[C@H](OC(C)=O)[C@@H](O[C@@H]3O[C@@H](C)[C@H](OC(C)=O)[C@@H](O[C@@H]4O[C@@H](C)[C@H](OC(C)=O)[C@@H](OC(C)=O)[C@H]4OC(C)=O)[C@H]3OC(C)=O)[C@H]2OC(C)=O)[C@@H](OC(C)=O)[C@H]1OC(C)=O. The van der Waals surface area contributed by atoms with E-state index in [4.69, 9.17) is 80.5 Å². The molecule has 0 spiro atoms. The van der Waals surface area contributed by atoms with Gasteiger partial charge in [0.05, 0.1) is 24.4 Å². The first-order chi connectivity index (χ1) is 37.7. The van der Waals surface area contributed by atoms with E-state index in [-0.39, 0.29) is 6.61 Å². The maximum Gasteiger partial charge on any atom is 0.303 e. The second kappa shape index (κ2) is 32.5. The number of esters is 9. The lowest BCUT2D eigenvalue weighted by Gasteiger charge is -2.51. The van der Waals surface area contributed by atoms with Gasteiger partial charge in [-0.25, -0.2) is 0 Å². The highest BCUT2D eigenvalue weighted by molar-refractivity contribution is 5.70. The third-order valence-electron chi connectivity index (χ3n) is 13.3. The highest BCUT2D eigenvalue weighted by atomic mass is 16.8. The monoisotopic (exact) mass is 1150 g/mol. The molecule has 4 heterocycles. The van der Waals surface area contributed by atoms with Crippen molar-refractivity contribution in [3.8, 4) is 0 Å². The minimum Gasteiger partial charge on any atom is -0.457 e. The molecule has 26 nitrogen and oxygen atoms in total. The Bertz CT molecular complexity index is 2070. The summed E-state index contributed by atoms with van der Waals surface area (Å²) in [6.45, 7) is 18.1. The van der Waals surface area contributed by atoms with E-state index in [1.165, 1.54) is 52.9 Å². The van der Waals surface area contributed by atoms with E-state index in [1.807, 2.05) is 0 Å². The summed E-state index contributed by atoms with van der Waals surface area (Å²) in [5, 5.41) is 0. The molecule has 0 N–H and O–H groups in total. The van der Waals surface area contributed by atoms with Crippen molar-refractivity contribution in [1.82, 2.24) is 0 Å². The molecule has 0 saturated carbocycles. The maximum atomic E-state index is 13.2. The largest absolute Gasteiger partial charge is 0.457 e. The average molecular weight is 1150 g/mol. The number of ether oxygens (including phenoxy) is 17. The highest BCUT2D eigenvalue weighted by Gasteiger charge is 2.60. The number of hydrogen-bond donors (Lipinski definition) is 0. The summed E-state index contributed by atoms with van der Waals surface area (Å²) < 4.78 is 102. The van der Waals surface area contributed by atoms with Gasteiger partial charge >= 0.3 is 53.7 Å². The van der Waals surface area contributed by atoms with Crippen LogP contribution in [0.25, 0.3) is 0 Å². The van der Waals surface area contributed by atoms with Crippen LogP contribution < -0.4 is 0 Å². The third kappa shape index (κ3) is 20.4. The minimum absolute atomic E-state index is 0.215. The Labute approximate surface area is 466 Å². The van der Waals surface area contributed by atoms with Gasteiger partial charge in [-0.2, -0.15) is 0 Å². The van der Waals surface area contributed by atoms with Crippen LogP contribution in [0, 0.1) is 0 Å². The zero-order valence-electron chi connectivity index (χ0n) is 48.4. The predicted octanol–water partition coefficient (Wildman–Crippen LogP) is 4.44. The molecule has 4 rings (SSSR count). The van der Waals surface area contributed by atoms with Crippen LogP contribution in [0.5, 0.6) is 0 Å². The van der Waals surface area contributed by atoms with Crippen molar-refractivity contribution in [3.63, 3.8) is 0 Å². The molecule has 4 saturated heterocycles. The van der Waals surface area contributed by atoms with Crippen LogP contribution >= 0.6 is 0 Å². The molecule has 4 aliphatic heterocycles. The molecule has 0 unspecified atom stereocenters. The van der Waals surface area contributed by atoms with Crippen molar-refractivity contribution < 1.29 is 124 Å². The van der Waals surface area contributed by atoms with Crippen LogP contribution in [-0.2, 0) is 124 Å². The fraction of sp³-hybridized carbons (Fsp3) is 0.833. The number of carbonyl (C=O) groups excluding carboxylic acids is 9. The molecule has 456 valence electrons. The van der Waals surface area contributed by atoms with Crippen LogP contribution in [0.3, 0.4) is 0 Å². The summed E-state index contributed by atoms with van der Waals surface area (Å²) >= 11 is 0. The second-order valence-corrected chi connectivity index (χ2v) is 20.4. The predicted molar refractivity (Wildman–Crippen MR) is 270 cm³/mol. The van der Waals surface area contributed by atoms with Crippen LogP contribution in [0.1, 0.15) is 161 Å². The fourth-order valence-electron chi connectivity index (χ4n) is 10.1. The van der Waals surface area contributed by atoms with E-state index in [1.54, 1.807) is 6.92 Å². The van der Waals surface area contributed by atoms with E-state index in [2.05, 4.69) is 6.92 Å². The van der Waals surface area contributed by atoms with Crippen molar-refractivity contribution in [3.05, 3.63) is 0 Å². The molecule has 80 heavy (non-hydrogen) atoms. The van der Waals surface area contributed by atoms with E-state index >= 15 is 0 Å². The molecule has 0 aromatic carbocycles.